The molecular formula is C17H18N2O7. The Morgan fingerprint density at radius 2 is 2.12 bits per heavy atom. The lowest BCUT2D eigenvalue weighted by Gasteiger charge is -2.39. The molecule has 0 aromatic heterocycles. The Kier molecular flexibility index (Phi) is 4.41. The molecule has 26 heavy (non-hydrogen) atoms. The van der Waals surface area contributed by atoms with Crippen molar-refractivity contribution in [2.24, 2.45) is 5.92 Å². The van der Waals surface area contributed by atoms with Crippen LogP contribution in [0.4, 0.5) is 5.69 Å². The molecule has 0 unspecified atom stereocenters. The summed E-state index contributed by atoms with van der Waals surface area (Å²) in [5.41, 5.74) is -0.756. The number of non-ortho nitro benzene ring substituents is 1. The zero-order chi connectivity index (χ0) is 19.1. The van der Waals surface area contributed by atoms with Gasteiger partial charge in [0.1, 0.15) is 12.5 Å². The summed E-state index contributed by atoms with van der Waals surface area (Å²) in [4.78, 5) is 35.1. The van der Waals surface area contributed by atoms with Crippen LogP contribution in [0.15, 0.2) is 35.5 Å². The van der Waals surface area contributed by atoms with Gasteiger partial charge in [0.2, 0.25) is 0 Å². The van der Waals surface area contributed by atoms with Crippen LogP contribution in [0.1, 0.15) is 25.3 Å². The van der Waals surface area contributed by atoms with E-state index >= 15 is 0 Å². The maximum Gasteiger partial charge on any atom is 0.336 e. The van der Waals surface area contributed by atoms with Crippen molar-refractivity contribution < 1.29 is 29.1 Å². The van der Waals surface area contributed by atoms with Gasteiger partial charge >= 0.3 is 11.9 Å². The van der Waals surface area contributed by atoms with Crippen molar-refractivity contribution in [1.29, 1.82) is 0 Å². The van der Waals surface area contributed by atoms with Crippen molar-refractivity contribution in [1.82, 2.24) is 5.32 Å². The molecule has 0 radical (unpaired) electrons. The number of ether oxygens (including phenoxy) is 2. The summed E-state index contributed by atoms with van der Waals surface area (Å²) in [5.74, 6) is -3.21. The van der Waals surface area contributed by atoms with E-state index in [0.717, 1.165) is 0 Å². The largest absolute Gasteiger partial charge is 0.463 e. The molecule has 9 nitrogen and oxygen atoms in total. The summed E-state index contributed by atoms with van der Waals surface area (Å²) in [5, 5.41) is 24.5. The van der Waals surface area contributed by atoms with Gasteiger partial charge in [-0.05, 0) is 19.4 Å². The smallest absolute Gasteiger partial charge is 0.336 e. The van der Waals surface area contributed by atoms with Crippen LogP contribution in [0, 0.1) is 16.0 Å². The number of aliphatic hydroxyl groups is 1. The molecule has 0 saturated carbocycles. The minimum absolute atomic E-state index is 0.120. The minimum atomic E-state index is -1.66. The molecule has 1 fully saturated rings. The predicted molar refractivity (Wildman–Crippen MR) is 87.7 cm³/mol. The van der Waals surface area contributed by atoms with Crippen molar-refractivity contribution in [3.8, 4) is 0 Å². The standard InChI is InChI=1S/C17H18N2O7/c1-3-25-15(20)12-9(2)18-17(22)8-26-16(21)14(17)13(12)10-4-6-11(7-5-10)19(23)24/h4-7,13-14,18,22H,3,8H2,1-2H3/t13-,14-,17-/m1/s1. The molecule has 3 atom stereocenters. The van der Waals surface area contributed by atoms with E-state index in [4.69, 9.17) is 9.47 Å². The predicted octanol–water partition coefficient (Wildman–Crippen LogP) is 0.980. The number of carbonyl (C=O) groups is 2. The Morgan fingerprint density at radius 3 is 2.69 bits per heavy atom. The van der Waals surface area contributed by atoms with Crippen molar-refractivity contribution in [3.63, 3.8) is 0 Å². The molecule has 2 N–H and O–H groups in total. The molecule has 0 spiro atoms. The maximum atomic E-state index is 12.5. The topological polar surface area (TPSA) is 128 Å². The lowest BCUT2D eigenvalue weighted by atomic mass is 9.73. The van der Waals surface area contributed by atoms with E-state index in [1.807, 2.05) is 0 Å². The van der Waals surface area contributed by atoms with E-state index in [9.17, 15) is 24.8 Å². The van der Waals surface area contributed by atoms with E-state index in [0.29, 0.717) is 11.3 Å². The molecule has 1 aromatic rings. The second-order valence-electron chi connectivity index (χ2n) is 6.22. The molecule has 2 aliphatic rings. The number of benzene rings is 1. The number of fused-ring (bicyclic) bond motifs is 1. The normalized spacial score (nSPS) is 27.4. The zero-order valence-corrected chi connectivity index (χ0v) is 14.2. The third kappa shape index (κ3) is 2.80. The van der Waals surface area contributed by atoms with Crippen LogP contribution in [0.2, 0.25) is 0 Å². The average Bonchev–Trinajstić information content (AvgIpc) is 2.88. The van der Waals surface area contributed by atoms with Crippen molar-refractivity contribution in [2.75, 3.05) is 13.2 Å². The molecule has 2 aliphatic heterocycles. The molecule has 3 rings (SSSR count). The fourth-order valence-corrected chi connectivity index (χ4v) is 3.52. The highest BCUT2D eigenvalue weighted by Gasteiger charge is 2.58. The minimum Gasteiger partial charge on any atom is -0.463 e. The lowest BCUT2D eigenvalue weighted by molar-refractivity contribution is -0.384. The van der Waals surface area contributed by atoms with Crippen molar-refractivity contribution >= 4 is 17.6 Å². The van der Waals surface area contributed by atoms with Gasteiger partial charge in [0.05, 0.1) is 17.1 Å². The number of hydrogen-bond acceptors (Lipinski definition) is 8. The molecule has 138 valence electrons. The molecule has 9 heteroatoms. The Balaban J connectivity index is 2.13. The molecule has 1 saturated heterocycles. The number of nitrogens with zero attached hydrogens (tertiary/aromatic N) is 1. The summed E-state index contributed by atoms with van der Waals surface area (Å²) in [6.07, 6.45) is 0. The van der Waals surface area contributed by atoms with Crippen molar-refractivity contribution in [2.45, 2.75) is 25.5 Å². The number of rotatable bonds is 4. The van der Waals surface area contributed by atoms with E-state index in [1.165, 1.54) is 24.3 Å². The summed E-state index contributed by atoms with van der Waals surface area (Å²) in [7, 11) is 0. The number of allylic oxidation sites excluding steroid dienone is 1. The van der Waals surface area contributed by atoms with Crippen LogP contribution in [0.5, 0.6) is 0 Å². The molecule has 0 aliphatic carbocycles. The summed E-state index contributed by atoms with van der Waals surface area (Å²) in [6, 6.07) is 5.50. The number of carbonyl (C=O) groups excluding carboxylic acids is 2. The first-order valence-electron chi connectivity index (χ1n) is 8.08. The molecular weight excluding hydrogens is 344 g/mol. The Hall–Kier alpha value is -2.94. The first-order chi connectivity index (χ1) is 12.3. The number of nitrogens with one attached hydrogen (secondary N) is 1. The summed E-state index contributed by atoms with van der Waals surface area (Å²) < 4.78 is 10.1. The fourth-order valence-electron chi connectivity index (χ4n) is 3.52. The molecule has 1 aromatic carbocycles. The van der Waals surface area contributed by atoms with Crippen LogP contribution in [-0.2, 0) is 19.1 Å². The van der Waals surface area contributed by atoms with Gasteiger partial charge in [-0.25, -0.2) is 4.79 Å². The van der Waals surface area contributed by atoms with Gasteiger partial charge in [0, 0.05) is 23.7 Å². The third-order valence-corrected chi connectivity index (χ3v) is 4.61. The van der Waals surface area contributed by atoms with Crippen LogP contribution in [0.3, 0.4) is 0 Å². The van der Waals surface area contributed by atoms with Crippen LogP contribution >= 0.6 is 0 Å². The quantitative estimate of drug-likeness (QED) is 0.461. The van der Waals surface area contributed by atoms with Gasteiger partial charge in [0.15, 0.2) is 5.72 Å². The van der Waals surface area contributed by atoms with E-state index in [2.05, 4.69) is 5.32 Å². The highest BCUT2D eigenvalue weighted by molar-refractivity contribution is 5.94. The van der Waals surface area contributed by atoms with E-state index in [-0.39, 0.29) is 24.5 Å². The summed E-state index contributed by atoms with van der Waals surface area (Å²) in [6.45, 7) is 3.14. The number of nitro groups is 1. The summed E-state index contributed by atoms with van der Waals surface area (Å²) >= 11 is 0. The highest BCUT2D eigenvalue weighted by atomic mass is 16.6. The second kappa shape index (κ2) is 6.41. The first-order valence-corrected chi connectivity index (χ1v) is 8.08. The van der Waals surface area contributed by atoms with Gasteiger partial charge in [-0.1, -0.05) is 12.1 Å². The second-order valence-corrected chi connectivity index (χ2v) is 6.22. The lowest BCUT2D eigenvalue weighted by Crippen LogP contribution is -2.57. The van der Waals surface area contributed by atoms with Gasteiger partial charge in [-0.3, -0.25) is 14.9 Å². The SMILES string of the molecule is CCOC(=O)C1=C(C)N[C@@]2(O)COC(=O)[C@H]2[C@@H]1c1ccc([N+](=O)[O-])cc1. The van der Waals surface area contributed by atoms with Gasteiger partial charge in [-0.2, -0.15) is 0 Å². The molecule has 2 heterocycles. The maximum absolute atomic E-state index is 12.5. The fraction of sp³-hybridized carbons (Fsp3) is 0.412. The number of esters is 2. The molecule has 0 bridgehead atoms. The average molecular weight is 362 g/mol. The number of hydrogen-bond donors (Lipinski definition) is 2. The molecule has 0 amide bonds. The number of nitro benzene ring substituents is 1. The van der Waals surface area contributed by atoms with Crippen LogP contribution in [-0.4, -0.2) is 40.9 Å². The van der Waals surface area contributed by atoms with Gasteiger partial charge < -0.3 is 19.9 Å². The van der Waals surface area contributed by atoms with E-state index in [1.54, 1.807) is 13.8 Å². The first kappa shape index (κ1) is 17.9. The van der Waals surface area contributed by atoms with E-state index < -0.39 is 34.4 Å². The highest BCUT2D eigenvalue weighted by Crippen LogP contribution is 2.46. The Labute approximate surface area is 148 Å². The monoisotopic (exact) mass is 362 g/mol. The van der Waals surface area contributed by atoms with Crippen LogP contribution in [0.25, 0.3) is 0 Å². The third-order valence-electron chi connectivity index (χ3n) is 4.61. The van der Waals surface area contributed by atoms with Crippen molar-refractivity contribution in [3.05, 3.63) is 51.2 Å². The van der Waals surface area contributed by atoms with Gasteiger partial charge in [-0.15, -0.1) is 0 Å². The number of cyclic esters (lactones) is 1. The van der Waals surface area contributed by atoms with Crippen LogP contribution < -0.4 is 5.32 Å². The van der Waals surface area contributed by atoms with Gasteiger partial charge in [0.25, 0.3) is 5.69 Å². The zero-order valence-electron chi connectivity index (χ0n) is 14.2. The Bertz CT molecular complexity index is 802. The Morgan fingerprint density at radius 1 is 1.46 bits per heavy atom.